The van der Waals surface area contributed by atoms with Crippen molar-refractivity contribution in [2.24, 2.45) is 0 Å². The van der Waals surface area contributed by atoms with E-state index in [1.54, 1.807) is 0 Å². The minimum atomic E-state index is 0.558. The maximum atomic E-state index is 2.40. The molecule has 5 aromatic rings. The second-order valence-corrected chi connectivity index (χ2v) is 8.35. The Morgan fingerprint density at radius 2 is 1.23 bits per heavy atom. The summed E-state index contributed by atoms with van der Waals surface area (Å²) in [5, 5.41) is 2.66. The molecule has 0 saturated carbocycles. The molecule has 1 heteroatoms. The van der Waals surface area contributed by atoms with Crippen molar-refractivity contribution in [3.63, 3.8) is 0 Å². The fourth-order valence-electron chi connectivity index (χ4n) is 4.51. The molecule has 0 aliphatic carbocycles. The summed E-state index contributed by atoms with van der Waals surface area (Å²) in [4.78, 5) is 0. The molecule has 0 spiro atoms. The predicted octanol–water partition coefficient (Wildman–Crippen LogP) is 8.27. The van der Waals surface area contributed by atoms with Crippen LogP contribution < -0.4 is 0 Å². The molecule has 1 heterocycles. The highest BCUT2D eigenvalue weighted by Crippen LogP contribution is 2.34. The van der Waals surface area contributed by atoms with Crippen molar-refractivity contribution in [3.8, 4) is 22.3 Å². The molecular formula is C29H27N. The summed E-state index contributed by atoms with van der Waals surface area (Å²) in [7, 11) is 0. The normalized spacial score (nSPS) is 11.6. The smallest absolute Gasteiger partial charge is 0.0491 e. The molecule has 0 fully saturated rings. The number of benzene rings is 4. The lowest BCUT2D eigenvalue weighted by Crippen LogP contribution is -1.92. The average Bonchev–Trinajstić information content (AvgIpc) is 3.12. The van der Waals surface area contributed by atoms with Crippen LogP contribution in [0.25, 0.3) is 44.1 Å². The molecule has 0 bridgehead atoms. The van der Waals surface area contributed by atoms with Gasteiger partial charge in [0.2, 0.25) is 0 Å². The average molecular weight is 390 g/mol. The first kappa shape index (κ1) is 18.7. The summed E-state index contributed by atoms with van der Waals surface area (Å²) < 4.78 is 2.40. The van der Waals surface area contributed by atoms with Gasteiger partial charge in [-0.25, -0.2) is 0 Å². The predicted molar refractivity (Wildman–Crippen MR) is 130 cm³/mol. The molecule has 1 nitrogen and oxygen atoms in total. The number of hydrogen-bond acceptors (Lipinski definition) is 0. The van der Waals surface area contributed by atoms with Gasteiger partial charge < -0.3 is 4.57 Å². The lowest BCUT2D eigenvalue weighted by atomic mass is 9.96. The summed E-state index contributed by atoms with van der Waals surface area (Å²) >= 11 is 0. The first-order chi connectivity index (χ1) is 14.7. The first-order valence-corrected chi connectivity index (χ1v) is 10.9. The van der Waals surface area contributed by atoms with E-state index in [1.807, 2.05) is 0 Å². The van der Waals surface area contributed by atoms with Crippen molar-refractivity contribution in [2.75, 3.05) is 0 Å². The molecule has 0 amide bonds. The minimum absolute atomic E-state index is 0.558. The van der Waals surface area contributed by atoms with E-state index >= 15 is 0 Å². The van der Waals surface area contributed by atoms with Crippen molar-refractivity contribution in [1.82, 2.24) is 4.57 Å². The van der Waals surface area contributed by atoms with E-state index in [0.717, 1.165) is 6.54 Å². The SMILES string of the molecule is CCn1c2ccccc2c2cc(-c3cccc(-c4ccc(C(C)C)cc4)c3)ccc21. The zero-order chi connectivity index (χ0) is 20.7. The highest BCUT2D eigenvalue weighted by molar-refractivity contribution is 6.09. The molecule has 30 heavy (non-hydrogen) atoms. The van der Waals surface area contributed by atoms with Gasteiger partial charge in [-0.1, -0.05) is 80.6 Å². The summed E-state index contributed by atoms with van der Waals surface area (Å²) in [6.45, 7) is 7.67. The van der Waals surface area contributed by atoms with Crippen molar-refractivity contribution in [3.05, 3.63) is 96.6 Å². The van der Waals surface area contributed by atoms with Gasteiger partial charge in [-0.15, -0.1) is 0 Å². The van der Waals surface area contributed by atoms with Gasteiger partial charge in [-0.3, -0.25) is 0 Å². The summed E-state index contributed by atoms with van der Waals surface area (Å²) in [5.74, 6) is 0.558. The zero-order valence-electron chi connectivity index (χ0n) is 17.9. The lowest BCUT2D eigenvalue weighted by Gasteiger charge is -2.09. The highest BCUT2D eigenvalue weighted by atomic mass is 15.0. The summed E-state index contributed by atoms with van der Waals surface area (Å²) in [5.41, 5.74) is 9.06. The van der Waals surface area contributed by atoms with E-state index in [0.29, 0.717) is 5.92 Å². The zero-order valence-corrected chi connectivity index (χ0v) is 17.9. The molecule has 0 atom stereocenters. The first-order valence-electron chi connectivity index (χ1n) is 10.9. The fraction of sp³-hybridized carbons (Fsp3) is 0.172. The van der Waals surface area contributed by atoms with Crippen LogP contribution in [-0.2, 0) is 6.54 Å². The van der Waals surface area contributed by atoms with Gasteiger partial charge in [0.15, 0.2) is 0 Å². The number of hydrogen-bond donors (Lipinski definition) is 0. The minimum Gasteiger partial charge on any atom is -0.341 e. The molecule has 0 unspecified atom stereocenters. The van der Waals surface area contributed by atoms with E-state index in [-0.39, 0.29) is 0 Å². The number of aryl methyl sites for hydroxylation is 1. The van der Waals surface area contributed by atoms with E-state index in [1.165, 1.54) is 49.6 Å². The van der Waals surface area contributed by atoms with Gasteiger partial charge in [0.05, 0.1) is 0 Å². The molecule has 4 aromatic carbocycles. The molecule has 148 valence electrons. The summed E-state index contributed by atoms with van der Waals surface area (Å²) in [6.07, 6.45) is 0. The van der Waals surface area contributed by atoms with Gasteiger partial charge in [0.25, 0.3) is 0 Å². The molecular weight excluding hydrogens is 362 g/mol. The van der Waals surface area contributed by atoms with E-state index in [9.17, 15) is 0 Å². The standard InChI is InChI=1S/C29H27N/c1-4-30-28-11-6-5-10-26(28)27-19-25(16-17-29(27)30)24-9-7-8-23(18-24)22-14-12-21(13-15-22)20(2)3/h5-20H,4H2,1-3H3. The topological polar surface area (TPSA) is 4.93 Å². The highest BCUT2D eigenvalue weighted by Gasteiger charge is 2.11. The van der Waals surface area contributed by atoms with Crippen LogP contribution >= 0.6 is 0 Å². The number of para-hydroxylation sites is 1. The van der Waals surface area contributed by atoms with Crippen LogP contribution in [0.1, 0.15) is 32.3 Å². The monoisotopic (exact) mass is 389 g/mol. The third-order valence-electron chi connectivity index (χ3n) is 6.20. The van der Waals surface area contributed by atoms with Crippen LogP contribution in [0.2, 0.25) is 0 Å². The second kappa shape index (κ2) is 7.50. The Hall–Kier alpha value is -3.32. The third kappa shape index (κ3) is 3.11. The van der Waals surface area contributed by atoms with Crippen LogP contribution in [0.15, 0.2) is 91.0 Å². The molecule has 0 N–H and O–H groups in total. The molecule has 5 rings (SSSR count). The third-order valence-corrected chi connectivity index (χ3v) is 6.20. The van der Waals surface area contributed by atoms with E-state index in [2.05, 4.69) is 116 Å². The van der Waals surface area contributed by atoms with Crippen LogP contribution in [0.4, 0.5) is 0 Å². The van der Waals surface area contributed by atoms with Crippen molar-refractivity contribution >= 4 is 21.8 Å². The van der Waals surface area contributed by atoms with Crippen LogP contribution in [0.3, 0.4) is 0 Å². The van der Waals surface area contributed by atoms with Gasteiger partial charge in [-0.2, -0.15) is 0 Å². The number of fused-ring (bicyclic) bond motifs is 3. The Labute approximate surface area is 178 Å². The molecule has 0 aliphatic rings. The quantitative estimate of drug-likeness (QED) is 0.291. The number of nitrogens with zero attached hydrogens (tertiary/aromatic N) is 1. The maximum Gasteiger partial charge on any atom is 0.0491 e. The second-order valence-electron chi connectivity index (χ2n) is 8.35. The van der Waals surface area contributed by atoms with Crippen LogP contribution in [0, 0.1) is 0 Å². The number of aromatic nitrogens is 1. The number of rotatable bonds is 4. The summed E-state index contributed by atoms with van der Waals surface area (Å²) in [6, 6.07) is 33.5. The van der Waals surface area contributed by atoms with Gasteiger partial charge >= 0.3 is 0 Å². The van der Waals surface area contributed by atoms with Crippen LogP contribution in [-0.4, -0.2) is 4.57 Å². The molecule has 0 aliphatic heterocycles. The van der Waals surface area contributed by atoms with E-state index in [4.69, 9.17) is 0 Å². The van der Waals surface area contributed by atoms with Gasteiger partial charge in [-0.05, 0) is 64.9 Å². The Morgan fingerprint density at radius 3 is 1.97 bits per heavy atom. The Bertz CT molecular complexity index is 1340. The van der Waals surface area contributed by atoms with Crippen molar-refractivity contribution in [1.29, 1.82) is 0 Å². The largest absolute Gasteiger partial charge is 0.341 e. The lowest BCUT2D eigenvalue weighted by molar-refractivity contribution is 0.827. The molecule has 1 aromatic heterocycles. The molecule has 0 saturated heterocycles. The Morgan fingerprint density at radius 1 is 0.600 bits per heavy atom. The molecule has 0 radical (unpaired) electrons. The van der Waals surface area contributed by atoms with Crippen LogP contribution in [0.5, 0.6) is 0 Å². The van der Waals surface area contributed by atoms with Crippen molar-refractivity contribution < 1.29 is 0 Å². The Balaban J connectivity index is 1.60. The fourth-order valence-corrected chi connectivity index (χ4v) is 4.51. The Kier molecular flexibility index (Phi) is 4.67. The van der Waals surface area contributed by atoms with Crippen molar-refractivity contribution in [2.45, 2.75) is 33.2 Å². The van der Waals surface area contributed by atoms with E-state index < -0.39 is 0 Å². The maximum absolute atomic E-state index is 2.40. The van der Waals surface area contributed by atoms with Gasteiger partial charge in [0.1, 0.15) is 0 Å². The van der Waals surface area contributed by atoms with Gasteiger partial charge in [0, 0.05) is 28.4 Å².